The van der Waals surface area contributed by atoms with Gasteiger partial charge in [0.05, 0.1) is 23.4 Å². The lowest BCUT2D eigenvalue weighted by molar-refractivity contribution is -0.130. The second-order valence-electron chi connectivity index (χ2n) is 14.0. The summed E-state index contributed by atoms with van der Waals surface area (Å²) in [7, 11) is 0. The summed E-state index contributed by atoms with van der Waals surface area (Å²) in [6.45, 7) is 8.00. The van der Waals surface area contributed by atoms with Crippen molar-refractivity contribution in [1.82, 2.24) is 36.1 Å². The molecule has 13 nitrogen and oxygen atoms in total. The molecule has 3 aromatic carbocycles. The zero-order chi connectivity index (χ0) is 35.4. The van der Waals surface area contributed by atoms with E-state index in [4.69, 9.17) is 10.5 Å². The molecule has 1 aliphatic carbocycles. The number of H-pyrrole nitrogens is 2. The van der Waals surface area contributed by atoms with Gasteiger partial charge in [-0.3, -0.25) is 14.7 Å². The number of ether oxygens (including phenoxy) is 1. The maximum Gasteiger partial charge on any atom is 0.407 e. The van der Waals surface area contributed by atoms with E-state index < -0.39 is 23.6 Å². The second-order valence-corrected chi connectivity index (χ2v) is 14.0. The van der Waals surface area contributed by atoms with Gasteiger partial charge in [-0.15, -0.1) is 10.2 Å². The molecule has 1 fully saturated rings. The lowest BCUT2D eigenvalue weighted by Crippen LogP contribution is -2.50. The molecule has 0 unspecified atom stereocenters. The molecule has 1 atom stereocenters. The largest absolute Gasteiger partial charge is 0.444 e. The van der Waals surface area contributed by atoms with Crippen LogP contribution < -0.4 is 16.0 Å². The number of carbonyl (C=O) groups is 3. The monoisotopic (exact) mass is 677 g/mol. The number of hydrogen-bond donors (Lipinski definition) is 4. The van der Waals surface area contributed by atoms with Gasteiger partial charge in [-0.05, 0) is 124 Å². The molecule has 1 saturated carbocycles. The number of imide groups is 1. The molecule has 0 saturated heterocycles. The third kappa shape index (κ3) is 7.89. The van der Waals surface area contributed by atoms with E-state index in [9.17, 15) is 14.4 Å². The number of nitrogens with one attached hydrogen (secondary N) is 3. The number of anilines is 1. The predicted octanol–water partition coefficient (Wildman–Crippen LogP) is 5.48. The van der Waals surface area contributed by atoms with E-state index in [1.807, 2.05) is 57.3 Å². The molecular weight excluding hydrogens is 634 g/mol. The minimum Gasteiger partial charge on any atom is -0.444 e. The first-order valence-electron chi connectivity index (χ1n) is 16.9. The first kappa shape index (κ1) is 34.4. The van der Waals surface area contributed by atoms with Crippen molar-refractivity contribution in [2.75, 3.05) is 11.4 Å². The van der Waals surface area contributed by atoms with E-state index in [0.29, 0.717) is 36.5 Å². The number of amides is 3. The Hall–Kier alpha value is -5.43. The molecule has 2 heterocycles. The van der Waals surface area contributed by atoms with Gasteiger partial charge in [0.2, 0.25) is 11.7 Å². The van der Waals surface area contributed by atoms with Crippen molar-refractivity contribution in [3.05, 3.63) is 78.0 Å². The fourth-order valence-corrected chi connectivity index (χ4v) is 6.57. The van der Waals surface area contributed by atoms with Crippen LogP contribution in [0.3, 0.4) is 0 Å². The van der Waals surface area contributed by atoms with Gasteiger partial charge in [0.25, 0.3) is 5.91 Å². The summed E-state index contributed by atoms with van der Waals surface area (Å²) in [5, 5.41) is 25.2. The zero-order valence-corrected chi connectivity index (χ0v) is 28.8. The number of nitrogens with zero attached hydrogens (tertiary/aromatic N) is 5. The molecule has 2 aromatic heterocycles. The summed E-state index contributed by atoms with van der Waals surface area (Å²) in [5.74, 6) is -0.513. The number of aryl methyl sites for hydroxylation is 1. The topological polar surface area (TPSA) is 185 Å². The maximum absolute atomic E-state index is 14.2. The summed E-state index contributed by atoms with van der Waals surface area (Å²) in [4.78, 5) is 41.7. The highest BCUT2D eigenvalue weighted by Gasteiger charge is 2.35. The van der Waals surface area contributed by atoms with Crippen LogP contribution in [0.15, 0.2) is 66.9 Å². The highest BCUT2D eigenvalue weighted by molar-refractivity contribution is 6.17. The number of nitrogens with two attached hydrogens (primary N) is 1. The van der Waals surface area contributed by atoms with Crippen LogP contribution in [-0.2, 0) is 20.7 Å². The summed E-state index contributed by atoms with van der Waals surface area (Å²) in [5.41, 5.74) is 12.2. The first-order chi connectivity index (χ1) is 24.0. The van der Waals surface area contributed by atoms with Gasteiger partial charge >= 0.3 is 6.09 Å². The molecule has 1 aliphatic rings. The number of fused-ring (bicyclic) bond motifs is 1. The van der Waals surface area contributed by atoms with E-state index in [1.54, 1.807) is 24.3 Å². The third-order valence-electron chi connectivity index (χ3n) is 9.15. The van der Waals surface area contributed by atoms with Crippen molar-refractivity contribution in [3.8, 4) is 22.5 Å². The average Bonchev–Trinajstić information content (AvgIpc) is 3.81. The van der Waals surface area contributed by atoms with Gasteiger partial charge in [-0.25, -0.2) is 9.69 Å². The fraction of sp³-hybridized carbons (Fsp3) is 0.378. The zero-order valence-electron chi connectivity index (χ0n) is 28.8. The molecule has 0 bridgehead atoms. The standard InChI is InChI=1S/C37H43N9O4/c1-22-5-18-31-29(21-40-41-31)32(22)25-10-6-23(7-11-25)19-30(38)35(48)46(28-16-14-26(15-17-28)33-42-44-45-43-33)34(47)27-12-8-24(9-13-27)20-39-36(49)50-37(2,3)4/h5-7,10-11,14-18,21,24,27,30H,8-9,12-13,19-20,38H2,1-4H3,(H,39,49)(H,40,41)(H,42,43,44,45)/t24?,27?,30-/m0/s1. The molecule has 5 aromatic rings. The number of aromatic nitrogens is 6. The Labute approximate surface area is 290 Å². The first-order valence-corrected chi connectivity index (χ1v) is 16.9. The van der Waals surface area contributed by atoms with Crippen LogP contribution in [0.4, 0.5) is 10.5 Å². The van der Waals surface area contributed by atoms with Crippen molar-refractivity contribution in [2.24, 2.45) is 17.6 Å². The predicted molar refractivity (Wildman–Crippen MR) is 190 cm³/mol. The number of aromatic amines is 2. The van der Waals surface area contributed by atoms with E-state index in [0.717, 1.165) is 46.0 Å². The van der Waals surface area contributed by atoms with Crippen LogP contribution in [0.5, 0.6) is 0 Å². The van der Waals surface area contributed by atoms with E-state index in [-0.39, 0.29) is 24.2 Å². The van der Waals surface area contributed by atoms with Gasteiger partial charge in [-0.1, -0.05) is 30.3 Å². The van der Waals surface area contributed by atoms with Crippen molar-refractivity contribution >= 4 is 34.5 Å². The normalized spacial score (nSPS) is 16.9. The van der Waals surface area contributed by atoms with Crippen molar-refractivity contribution < 1.29 is 19.1 Å². The van der Waals surface area contributed by atoms with Gasteiger partial charge < -0.3 is 15.8 Å². The number of carbonyl (C=O) groups excluding carboxylic acids is 3. The molecule has 0 spiro atoms. The van der Waals surface area contributed by atoms with E-state index in [1.165, 1.54) is 4.90 Å². The second kappa shape index (κ2) is 14.6. The summed E-state index contributed by atoms with van der Waals surface area (Å²) in [6.07, 6.45) is 4.26. The molecule has 13 heteroatoms. The Morgan fingerprint density at radius 2 is 1.68 bits per heavy atom. The lowest BCUT2D eigenvalue weighted by atomic mass is 9.81. The van der Waals surface area contributed by atoms with Crippen LogP contribution in [0, 0.1) is 18.8 Å². The summed E-state index contributed by atoms with van der Waals surface area (Å²) < 4.78 is 5.36. The maximum atomic E-state index is 14.2. The molecule has 5 N–H and O–H groups in total. The summed E-state index contributed by atoms with van der Waals surface area (Å²) >= 11 is 0. The van der Waals surface area contributed by atoms with Gasteiger partial charge in [-0.2, -0.15) is 10.3 Å². The molecule has 0 radical (unpaired) electrons. The highest BCUT2D eigenvalue weighted by Crippen LogP contribution is 2.33. The van der Waals surface area contributed by atoms with E-state index >= 15 is 0 Å². The van der Waals surface area contributed by atoms with Crippen molar-refractivity contribution in [3.63, 3.8) is 0 Å². The Morgan fingerprint density at radius 1 is 0.980 bits per heavy atom. The molecule has 0 aliphatic heterocycles. The Kier molecular flexibility index (Phi) is 10.0. The Bertz CT molecular complexity index is 1940. The Balaban J connectivity index is 1.16. The Morgan fingerprint density at radius 3 is 2.34 bits per heavy atom. The van der Waals surface area contributed by atoms with E-state index in [2.05, 4.69) is 49.1 Å². The number of hydrogen-bond acceptors (Lipinski definition) is 9. The average molecular weight is 678 g/mol. The minimum absolute atomic E-state index is 0.208. The van der Waals surface area contributed by atoms with Crippen molar-refractivity contribution in [2.45, 2.75) is 71.4 Å². The van der Waals surface area contributed by atoms with Crippen LogP contribution in [0.25, 0.3) is 33.4 Å². The summed E-state index contributed by atoms with van der Waals surface area (Å²) in [6, 6.07) is 18.0. The van der Waals surface area contributed by atoms with Crippen molar-refractivity contribution in [1.29, 1.82) is 0 Å². The highest BCUT2D eigenvalue weighted by atomic mass is 16.6. The number of alkyl carbamates (subject to hydrolysis) is 1. The SMILES string of the molecule is Cc1ccc2[nH]ncc2c1-c1ccc(C[C@H](N)C(=O)N(C(=O)C2CCC(CNC(=O)OC(C)(C)C)CC2)c2ccc(-c3nn[nH]n3)cc2)cc1. The van der Waals surface area contributed by atoms with Crippen LogP contribution >= 0.6 is 0 Å². The van der Waals surface area contributed by atoms with Gasteiger partial charge in [0.15, 0.2) is 0 Å². The van der Waals surface area contributed by atoms with Crippen LogP contribution in [0.2, 0.25) is 0 Å². The van der Waals surface area contributed by atoms with Gasteiger partial charge in [0, 0.05) is 23.4 Å². The third-order valence-corrected chi connectivity index (χ3v) is 9.15. The smallest absolute Gasteiger partial charge is 0.407 e. The number of tetrazole rings is 1. The number of rotatable bonds is 9. The molecule has 50 heavy (non-hydrogen) atoms. The molecule has 3 amide bonds. The molecule has 260 valence electrons. The lowest BCUT2D eigenvalue weighted by Gasteiger charge is -2.32. The molecule has 6 rings (SSSR count). The fourth-order valence-electron chi connectivity index (χ4n) is 6.57. The molecular formula is C37H43N9O4. The quantitative estimate of drug-likeness (QED) is 0.157. The minimum atomic E-state index is -0.963. The van der Waals surface area contributed by atoms with Crippen LogP contribution in [-0.4, -0.2) is 66.9 Å². The number of benzene rings is 3. The van der Waals surface area contributed by atoms with Crippen LogP contribution in [0.1, 0.15) is 57.6 Å². The van der Waals surface area contributed by atoms with Gasteiger partial charge in [0.1, 0.15) is 5.60 Å².